The van der Waals surface area contributed by atoms with E-state index in [0.29, 0.717) is 16.6 Å². The zero-order chi connectivity index (χ0) is 16.2. The lowest BCUT2D eigenvalue weighted by Gasteiger charge is -2.08. The Morgan fingerprint density at radius 1 is 1.13 bits per heavy atom. The lowest BCUT2D eigenvalue weighted by molar-refractivity contribution is 0.102. The van der Waals surface area contributed by atoms with Crippen molar-refractivity contribution in [2.75, 3.05) is 10.6 Å². The van der Waals surface area contributed by atoms with Crippen LogP contribution in [-0.2, 0) is 0 Å². The molecule has 2 aromatic heterocycles. The van der Waals surface area contributed by atoms with E-state index in [2.05, 4.69) is 30.8 Å². The van der Waals surface area contributed by atoms with Gasteiger partial charge in [0.2, 0.25) is 11.1 Å². The summed E-state index contributed by atoms with van der Waals surface area (Å²) in [4.78, 5) is 20.8. The Bertz CT molecular complexity index is 813. The number of carbonyl (C=O) groups is 1. The Labute approximate surface area is 136 Å². The second kappa shape index (κ2) is 6.49. The average molecular weight is 326 g/mol. The summed E-state index contributed by atoms with van der Waals surface area (Å²) in [5, 5.41) is 13.7. The molecule has 3 aromatic rings. The number of hydrogen-bond acceptors (Lipinski definition) is 7. The van der Waals surface area contributed by atoms with E-state index in [1.807, 2.05) is 26.0 Å². The van der Waals surface area contributed by atoms with Gasteiger partial charge in [-0.3, -0.25) is 10.1 Å². The van der Waals surface area contributed by atoms with Crippen molar-refractivity contribution in [1.82, 2.24) is 20.2 Å². The van der Waals surface area contributed by atoms with Gasteiger partial charge in [0.15, 0.2) is 0 Å². The Hall–Kier alpha value is -2.87. The maximum Gasteiger partial charge on any atom is 0.257 e. The van der Waals surface area contributed by atoms with Crippen LogP contribution in [0.3, 0.4) is 0 Å². The Kier molecular flexibility index (Phi) is 4.24. The summed E-state index contributed by atoms with van der Waals surface area (Å²) in [6.07, 6.45) is 0. The van der Waals surface area contributed by atoms with Crippen LogP contribution in [0.4, 0.5) is 16.8 Å². The van der Waals surface area contributed by atoms with Crippen LogP contribution < -0.4 is 10.6 Å². The van der Waals surface area contributed by atoms with Gasteiger partial charge in [0.25, 0.3) is 5.91 Å². The minimum absolute atomic E-state index is 0.244. The number of hydrogen-bond donors (Lipinski definition) is 2. The van der Waals surface area contributed by atoms with Gasteiger partial charge in [-0.25, -0.2) is 9.97 Å². The van der Waals surface area contributed by atoms with Gasteiger partial charge in [-0.1, -0.05) is 17.4 Å². The Morgan fingerprint density at radius 3 is 2.61 bits per heavy atom. The number of anilines is 3. The van der Waals surface area contributed by atoms with Crippen molar-refractivity contribution in [3.8, 4) is 0 Å². The first-order valence-electron chi connectivity index (χ1n) is 6.87. The van der Waals surface area contributed by atoms with Crippen molar-refractivity contribution < 1.29 is 4.79 Å². The molecular weight excluding hydrogens is 312 g/mol. The van der Waals surface area contributed by atoms with Crippen molar-refractivity contribution in [3.05, 3.63) is 52.8 Å². The highest BCUT2D eigenvalue weighted by molar-refractivity contribution is 7.13. The highest BCUT2D eigenvalue weighted by atomic mass is 32.1. The minimum atomic E-state index is -0.244. The standard InChI is InChI=1S/C15H14N6OS/c1-9-6-10(2)18-14(17-9)19-12-5-3-4-11(7-12)13(22)20-15-21-16-8-23-15/h3-8H,1-2H3,(H,17,18,19)(H,20,21,22). The number of benzene rings is 1. The second-order valence-corrected chi connectivity index (χ2v) is 5.71. The van der Waals surface area contributed by atoms with Crippen molar-refractivity contribution in [3.63, 3.8) is 0 Å². The van der Waals surface area contributed by atoms with Crippen molar-refractivity contribution in [2.45, 2.75) is 13.8 Å². The molecule has 2 heterocycles. The third-order valence-electron chi connectivity index (χ3n) is 2.94. The van der Waals surface area contributed by atoms with Gasteiger partial charge in [-0.05, 0) is 38.1 Å². The number of aromatic nitrogens is 4. The minimum Gasteiger partial charge on any atom is -0.324 e. The third-order valence-corrected chi connectivity index (χ3v) is 3.55. The second-order valence-electron chi connectivity index (χ2n) is 4.88. The molecule has 1 amide bonds. The molecule has 0 saturated heterocycles. The number of carbonyl (C=O) groups excluding carboxylic acids is 1. The average Bonchev–Trinajstić information content (AvgIpc) is 2.99. The van der Waals surface area contributed by atoms with E-state index in [-0.39, 0.29) is 5.91 Å². The van der Waals surface area contributed by atoms with Crippen LogP contribution in [0.1, 0.15) is 21.7 Å². The van der Waals surface area contributed by atoms with Crippen LogP contribution in [0.15, 0.2) is 35.8 Å². The molecule has 7 nitrogen and oxygen atoms in total. The zero-order valence-electron chi connectivity index (χ0n) is 12.6. The summed E-state index contributed by atoms with van der Waals surface area (Å²) >= 11 is 1.27. The lowest BCUT2D eigenvalue weighted by atomic mass is 10.2. The van der Waals surface area contributed by atoms with Crippen LogP contribution in [0.5, 0.6) is 0 Å². The molecule has 0 fully saturated rings. The highest BCUT2D eigenvalue weighted by Gasteiger charge is 2.09. The fourth-order valence-electron chi connectivity index (χ4n) is 2.05. The predicted molar refractivity (Wildman–Crippen MR) is 89.1 cm³/mol. The van der Waals surface area contributed by atoms with Gasteiger partial charge in [0.05, 0.1) is 0 Å². The molecule has 2 N–H and O–H groups in total. The molecule has 0 aliphatic heterocycles. The quantitative estimate of drug-likeness (QED) is 0.766. The summed E-state index contributed by atoms with van der Waals surface area (Å²) in [5.41, 5.74) is 4.56. The number of amides is 1. The zero-order valence-corrected chi connectivity index (χ0v) is 13.4. The van der Waals surface area contributed by atoms with Crippen LogP contribution in [0.25, 0.3) is 0 Å². The van der Waals surface area contributed by atoms with Crippen molar-refractivity contribution >= 4 is 34.0 Å². The third kappa shape index (κ3) is 3.86. The van der Waals surface area contributed by atoms with Gasteiger partial charge >= 0.3 is 0 Å². The topological polar surface area (TPSA) is 92.7 Å². The van der Waals surface area contributed by atoms with E-state index in [0.717, 1.165) is 17.1 Å². The molecule has 3 rings (SSSR count). The molecule has 0 saturated carbocycles. The van der Waals surface area contributed by atoms with Crippen LogP contribution in [0, 0.1) is 13.8 Å². The van der Waals surface area contributed by atoms with Gasteiger partial charge in [0, 0.05) is 22.6 Å². The highest BCUT2D eigenvalue weighted by Crippen LogP contribution is 2.17. The summed E-state index contributed by atoms with van der Waals surface area (Å²) < 4.78 is 0. The maximum atomic E-state index is 12.2. The predicted octanol–water partition coefficient (Wildman–Crippen LogP) is 2.94. The van der Waals surface area contributed by atoms with E-state index in [1.165, 1.54) is 11.3 Å². The number of nitrogens with one attached hydrogen (secondary N) is 2. The smallest absolute Gasteiger partial charge is 0.257 e. The van der Waals surface area contributed by atoms with E-state index in [9.17, 15) is 4.79 Å². The van der Waals surface area contributed by atoms with E-state index in [1.54, 1.807) is 23.7 Å². The van der Waals surface area contributed by atoms with Gasteiger partial charge < -0.3 is 5.32 Å². The molecule has 116 valence electrons. The molecule has 0 aliphatic carbocycles. The summed E-state index contributed by atoms with van der Waals surface area (Å²) in [6, 6.07) is 9.00. The van der Waals surface area contributed by atoms with E-state index >= 15 is 0 Å². The van der Waals surface area contributed by atoms with Crippen molar-refractivity contribution in [2.24, 2.45) is 0 Å². The number of nitrogens with zero attached hydrogens (tertiary/aromatic N) is 4. The van der Waals surface area contributed by atoms with Gasteiger partial charge in [0.1, 0.15) is 5.51 Å². The molecule has 0 bridgehead atoms. The largest absolute Gasteiger partial charge is 0.324 e. The number of rotatable bonds is 4. The van der Waals surface area contributed by atoms with Crippen LogP contribution in [-0.4, -0.2) is 26.1 Å². The molecule has 8 heteroatoms. The van der Waals surface area contributed by atoms with Crippen LogP contribution >= 0.6 is 11.3 Å². The normalized spacial score (nSPS) is 10.3. The lowest BCUT2D eigenvalue weighted by Crippen LogP contribution is -2.12. The first-order valence-corrected chi connectivity index (χ1v) is 7.75. The summed E-state index contributed by atoms with van der Waals surface area (Å²) in [7, 11) is 0. The molecule has 1 aromatic carbocycles. The molecule has 0 aliphatic rings. The van der Waals surface area contributed by atoms with Crippen LogP contribution in [0.2, 0.25) is 0 Å². The molecule has 23 heavy (non-hydrogen) atoms. The SMILES string of the molecule is Cc1cc(C)nc(Nc2cccc(C(=O)Nc3nncs3)c2)n1. The summed E-state index contributed by atoms with van der Waals surface area (Å²) in [6.45, 7) is 3.82. The molecular formula is C15H14N6OS. The van der Waals surface area contributed by atoms with Gasteiger partial charge in [-0.2, -0.15) is 0 Å². The summed E-state index contributed by atoms with van der Waals surface area (Å²) in [5.74, 6) is 0.260. The fourth-order valence-corrected chi connectivity index (χ4v) is 2.49. The molecule has 0 unspecified atom stereocenters. The first-order chi connectivity index (χ1) is 11.1. The molecule has 0 atom stereocenters. The van der Waals surface area contributed by atoms with Crippen molar-refractivity contribution in [1.29, 1.82) is 0 Å². The number of aryl methyl sites for hydroxylation is 2. The van der Waals surface area contributed by atoms with E-state index in [4.69, 9.17) is 0 Å². The Balaban J connectivity index is 1.78. The fraction of sp³-hybridized carbons (Fsp3) is 0.133. The van der Waals surface area contributed by atoms with E-state index < -0.39 is 0 Å². The first kappa shape index (κ1) is 15.0. The monoisotopic (exact) mass is 326 g/mol. The van der Waals surface area contributed by atoms with Gasteiger partial charge in [-0.15, -0.1) is 10.2 Å². The Morgan fingerprint density at radius 2 is 1.91 bits per heavy atom. The molecule has 0 spiro atoms. The molecule has 0 radical (unpaired) electrons. The maximum absolute atomic E-state index is 12.2.